The summed E-state index contributed by atoms with van der Waals surface area (Å²) in [5.74, 6) is 0.936. The highest BCUT2D eigenvalue weighted by Crippen LogP contribution is 2.37. The van der Waals surface area contributed by atoms with E-state index in [1.807, 2.05) is 25.2 Å². The Morgan fingerprint density at radius 3 is 2.50 bits per heavy atom. The summed E-state index contributed by atoms with van der Waals surface area (Å²) >= 11 is 0. The third kappa shape index (κ3) is 2.75. The van der Waals surface area contributed by atoms with E-state index in [0.29, 0.717) is 0 Å². The van der Waals surface area contributed by atoms with Gasteiger partial charge in [-0.25, -0.2) is 0 Å². The highest BCUT2D eigenvalue weighted by Gasteiger charge is 2.39. The summed E-state index contributed by atoms with van der Waals surface area (Å²) in [7, 11) is -0.00108. The van der Waals surface area contributed by atoms with Gasteiger partial charge in [-0.1, -0.05) is 26.8 Å². The third-order valence-corrected chi connectivity index (χ3v) is 8.91. The number of hydrogen-bond donors (Lipinski definition) is 0. The van der Waals surface area contributed by atoms with Crippen LogP contribution >= 0.6 is 0 Å². The molecule has 1 aromatic rings. The van der Waals surface area contributed by atoms with Crippen molar-refractivity contribution in [3.05, 3.63) is 29.3 Å². The molecule has 3 nitrogen and oxygen atoms in total. The molecule has 0 N–H and O–H groups in total. The molecule has 0 unspecified atom stereocenters. The molecule has 110 valence electrons. The Bertz CT molecular complexity index is 532. The van der Waals surface area contributed by atoms with Crippen LogP contribution < -0.4 is 4.43 Å². The summed E-state index contributed by atoms with van der Waals surface area (Å²) in [6.07, 6.45) is 0.929. The average molecular weight is 291 g/mol. The van der Waals surface area contributed by atoms with Crippen LogP contribution in [0, 0.1) is 0 Å². The Balaban J connectivity index is 2.30. The van der Waals surface area contributed by atoms with Crippen molar-refractivity contribution in [1.29, 1.82) is 0 Å². The number of likely N-dealkylation sites (N-methyl/N-ethyl adjacent to an activating group) is 1. The number of carbonyl (C=O) groups excluding carboxylic acids is 1. The van der Waals surface area contributed by atoms with Gasteiger partial charge in [0.15, 0.2) is 0 Å². The molecule has 0 saturated heterocycles. The molecule has 0 fully saturated rings. The zero-order chi connectivity index (χ0) is 15.1. The molecule has 1 aromatic carbocycles. The van der Waals surface area contributed by atoms with Crippen molar-refractivity contribution in [1.82, 2.24) is 4.90 Å². The van der Waals surface area contributed by atoms with Crippen LogP contribution in [0.15, 0.2) is 18.2 Å². The van der Waals surface area contributed by atoms with E-state index in [0.717, 1.165) is 29.8 Å². The Hall–Kier alpha value is -1.29. The minimum atomic E-state index is -1.85. The lowest BCUT2D eigenvalue weighted by Crippen LogP contribution is -2.44. The second-order valence-electron chi connectivity index (χ2n) is 7.16. The first kappa shape index (κ1) is 15.1. The first-order chi connectivity index (χ1) is 9.12. The summed E-state index contributed by atoms with van der Waals surface area (Å²) in [5, 5.41) is 0.156. The normalized spacial score (nSPS) is 16.1. The van der Waals surface area contributed by atoms with Crippen LogP contribution in [0.5, 0.6) is 5.75 Å². The molecule has 0 aromatic heterocycles. The molecule has 0 spiro atoms. The molecule has 20 heavy (non-hydrogen) atoms. The van der Waals surface area contributed by atoms with Crippen LogP contribution in [-0.4, -0.2) is 32.7 Å². The van der Waals surface area contributed by atoms with Crippen LogP contribution in [0.2, 0.25) is 18.1 Å². The Morgan fingerprint density at radius 1 is 1.25 bits per heavy atom. The fourth-order valence-corrected chi connectivity index (χ4v) is 3.10. The van der Waals surface area contributed by atoms with Crippen molar-refractivity contribution >= 4 is 14.2 Å². The molecule has 0 saturated carbocycles. The van der Waals surface area contributed by atoms with Gasteiger partial charge in [-0.2, -0.15) is 0 Å². The van der Waals surface area contributed by atoms with E-state index in [4.69, 9.17) is 4.43 Å². The summed E-state index contributed by atoms with van der Waals surface area (Å²) in [5.41, 5.74) is 1.94. The van der Waals surface area contributed by atoms with Crippen LogP contribution in [0.25, 0.3) is 0 Å². The molecule has 0 radical (unpaired) electrons. The van der Waals surface area contributed by atoms with Gasteiger partial charge in [0.05, 0.1) is 0 Å². The van der Waals surface area contributed by atoms with E-state index in [9.17, 15) is 4.79 Å². The topological polar surface area (TPSA) is 29.5 Å². The zero-order valence-corrected chi connectivity index (χ0v) is 14.4. The van der Waals surface area contributed by atoms with Gasteiger partial charge in [-0.3, -0.25) is 4.79 Å². The average Bonchev–Trinajstić information content (AvgIpc) is 2.32. The fourth-order valence-electron chi connectivity index (χ4n) is 2.08. The Kier molecular flexibility index (Phi) is 3.71. The number of fused-ring (bicyclic) bond motifs is 1. The predicted molar refractivity (Wildman–Crippen MR) is 84.9 cm³/mol. The lowest BCUT2D eigenvalue weighted by atomic mass is 9.99. The van der Waals surface area contributed by atoms with Gasteiger partial charge in [-0.05, 0) is 42.2 Å². The molecule has 0 bridgehead atoms. The molecular formula is C16H25NO2Si. The smallest absolute Gasteiger partial charge is 0.254 e. The SMILES string of the molecule is CN1CCc2ccc(O[Si](C)(C)C(C)(C)C)cc2C1=O. The summed E-state index contributed by atoms with van der Waals surface area (Å²) in [6.45, 7) is 11.9. The lowest BCUT2D eigenvalue weighted by Gasteiger charge is -2.36. The molecule has 1 heterocycles. The number of carbonyl (C=O) groups is 1. The van der Waals surface area contributed by atoms with Crippen LogP contribution in [0.1, 0.15) is 36.7 Å². The quantitative estimate of drug-likeness (QED) is 0.778. The van der Waals surface area contributed by atoms with Gasteiger partial charge in [-0.15, -0.1) is 0 Å². The molecule has 1 amide bonds. The Morgan fingerprint density at radius 2 is 1.90 bits per heavy atom. The first-order valence-corrected chi connectivity index (χ1v) is 10.1. The molecular weight excluding hydrogens is 266 g/mol. The summed E-state index contributed by atoms with van der Waals surface area (Å²) in [6, 6.07) is 5.98. The monoisotopic (exact) mass is 291 g/mol. The molecule has 1 aliphatic heterocycles. The molecule has 0 atom stereocenters. The van der Waals surface area contributed by atoms with Crippen LogP contribution in [0.3, 0.4) is 0 Å². The van der Waals surface area contributed by atoms with E-state index in [-0.39, 0.29) is 10.9 Å². The summed E-state index contributed by atoms with van der Waals surface area (Å²) in [4.78, 5) is 14.0. The number of rotatable bonds is 2. The predicted octanol–water partition coefficient (Wildman–Crippen LogP) is 3.70. The van der Waals surface area contributed by atoms with Crippen molar-refractivity contribution < 1.29 is 9.22 Å². The number of hydrogen-bond acceptors (Lipinski definition) is 2. The summed E-state index contributed by atoms with van der Waals surface area (Å²) < 4.78 is 6.28. The van der Waals surface area contributed by atoms with Crippen LogP contribution in [0.4, 0.5) is 0 Å². The number of benzene rings is 1. The zero-order valence-electron chi connectivity index (χ0n) is 13.4. The first-order valence-electron chi connectivity index (χ1n) is 7.19. The van der Waals surface area contributed by atoms with E-state index < -0.39 is 8.32 Å². The van der Waals surface area contributed by atoms with E-state index >= 15 is 0 Å². The standard InChI is InChI=1S/C16H25NO2Si/c1-16(2,3)20(5,6)19-13-8-7-12-9-10-17(4)15(18)14(12)11-13/h7-8,11H,9-10H2,1-6H3. The van der Waals surface area contributed by atoms with Crippen molar-refractivity contribution in [3.8, 4) is 5.75 Å². The van der Waals surface area contributed by atoms with E-state index in [2.05, 4.69) is 33.9 Å². The largest absolute Gasteiger partial charge is 0.543 e. The van der Waals surface area contributed by atoms with E-state index in [1.54, 1.807) is 4.90 Å². The highest BCUT2D eigenvalue weighted by molar-refractivity contribution is 6.74. The molecule has 0 aliphatic carbocycles. The van der Waals surface area contributed by atoms with Crippen LogP contribution in [-0.2, 0) is 6.42 Å². The van der Waals surface area contributed by atoms with Gasteiger partial charge in [0, 0.05) is 19.2 Å². The maximum Gasteiger partial charge on any atom is 0.254 e. The van der Waals surface area contributed by atoms with Gasteiger partial charge in [0.1, 0.15) is 5.75 Å². The van der Waals surface area contributed by atoms with Crippen molar-refractivity contribution in [2.45, 2.75) is 45.3 Å². The van der Waals surface area contributed by atoms with E-state index in [1.165, 1.54) is 0 Å². The molecule has 1 aliphatic rings. The van der Waals surface area contributed by atoms with Gasteiger partial charge in [0.2, 0.25) is 8.32 Å². The molecule has 2 rings (SSSR count). The van der Waals surface area contributed by atoms with Gasteiger partial charge in [0.25, 0.3) is 5.91 Å². The van der Waals surface area contributed by atoms with Gasteiger partial charge >= 0.3 is 0 Å². The van der Waals surface area contributed by atoms with Crippen molar-refractivity contribution in [2.24, 2.45) is 0 Å². The maximum atomic E-state index is 12.2. The van der Waals surface area contributed by atoms with Gasteiger partial charge < -0.3 is 9.33 Å². The second-order valence-corrected chi connectivity index (χ2v) is 11.9. The maximum absolute atomic E-state index is 12.2. The highest BCUT2D eigenvalue weighted by atomic mass is 28.4. The van der Waals surface area contributed by atoms with Crippen molar-refractivity contribution in [3.63, 3.8) is 0 Å². The minimum absolute atomic E-state index is 0.104. The number of amides is 1. The fraction of sp³-hybridized carbons (Fsp3) is 0.562. The van der Waals surface area contributed by atoms with Crippen molar-refractivity contribution in [2.75, 3.05) is 13.6 Å². The third-order valence-electron chi connectivity index (χ3n) is 4.55. The lowest BCUT2D eigenvalue weighted by molar-refractivity contribution is 0.0780. The number of nitrogens with zero attached hydrogens (tertiary/aromatic N) is 1. The second kappa shape index (κ2) is 4.92. The Labute approximate surface area is 123 Å². The minimum Gasteiger partial charge on any atom is -0.543 e. The molecule has 4 heteroatoms.